The van der Waals surface area contributed by atoms with Gasteiger partial charge in [0.05, 0.1) is 11.4 Å². The van der Waals surface area contributed by atoms with Crippen molar-refractivity contribution in [2.24, 2.45) is 0 Å². The van der Waals surface area contributed by atoms with Crippen molar-refractivity contribution in [3.05, 3.63) is 6.33 Å². The fourth-order valence-electron chi connectivity index (χ4n) is 0.768. The monoisotopic (exact) mass is 133 g/mol. The van der Waals surface area contributed by atoms with Gasteiger partial charge in [0.2, 0.25) is 7.28 Å². The van der Waals surface area contributed by atoms with E-state index in [-0.39, 0.29) is 0 Å². The third-order valence-electron chi connectivity index (χ3n) is 1.22. The van der Waals surface area contributed by atoms with Gasteiger partial charge in [-0.15, -0.1) is 0 Å². The SMILES string of the molecule is Bc1ncnc(BCC)n1. The molecule has 0 unspecified atom stereocenters. The zero-order valence-electron chi connectivity index (χ0n) is 6.33. The van der Waals surface area contributed by atoms with Gasteiger partial charge in [0, 0.05) is 0 Å². The molecule has 0 saturated carbocycles. The van der Waals surface area contributed by atoms with Crippen LogP contribution >= 0.6 is 0 Å². The molecular formula is C5H9B2N3. The highest BCUT2D eigenvalue weighted by Crippen LogP contribution is 1.68. The van der Waals surface area contributed by atoms with Crippen molar-refractivity contribution in [2.75, 3.05) is 0 Å². The van der Waals surface area contributed by atoms with E-state index in [0.717, 1.165) is 25.0 Å². The minimum absolute atomic E-state index is 0.804. The Morgan fingerprint density at radius 1 is 1.60 bits per heavy atom. The third kappa shape index (κ3) is 1.83. The van der Waals surface area contributed by atoms with Crippen molar-refractivity contribution < 1.29 is 0 Å². The van der Waals surface area contributed by atoms with Crippen LogP contribution in [-0.2, 0) is 0 Å². The van der Waals surface area contributed by atoms with Gasteiger partial charge in [-0.05, 0) is 0 Å². The molecule has 0 aromatic carbocycles. The Morgan fingerprint density at radius 2 is 2.40 bits per heavy atom. The molecule has 1 rings (SSSR count). The van der Waals surface area contributed by atoms with Crippen LogP contribution < -0.4 is 11.4 Å². The number of hydrogen-bond acceptors (Lipinski definition) is 3. The average Bonchev–Trinajstić information content (AvgIpc) is 1.88. The first-order valence-electron chi connectivity index (χ1n) is 3.47. The van der Waals surface area contributed by atoms with Crippen LogP contribution in [0.15, 0.2) is 6.33 Å². The first-order valence-corrected chi connectivity index (χ1v) is 3.47. The predicted molar refractivity (Wildman–Crippen MR) is 45.3 cm³/mol. The fourth-order valence-corrected chi connectivity index (χ4v) is 0.768. The fraction of sp³-hybridized carbons (Fsp3) is 0.400. The van der Waals surface area contributed by atoms with E-state index in [1.807, 2.05) is 7.85 Å². The molecule has 0 aliphatic heterocycles. The maximum Gasteiger partial charge on any atom is 0.207 e. The van der Waals surface area contributed by atoms with Gasteiger partial charge in [0.1, 0.15) is 6.33 Å². The van der Waals surface area contributed by atoms with E-state index >= 15 is 0 Å². The average molecular weight is 133 g/mol. The molecule has 0 bridgehead atoms. The quantitative estimate of drug-likeness (QED) is 0.423. The van der Waals surface area contributed by atoms with Crippen LogP contribution in [0.1, 0.15) is 6.92 Å². The van der Waals surface area contributed by atoms with Crippen LogP contribution in [0.3, 0.4) is 0 Å². The lowest BCUT2D eigenvalue weighted by Crippen LogP contribution is -2.30. The number of rotatable bonds is 2. The molecule has 3 nitrogen and oxygen atoms in total. The lowest BCUT2D eigenvalue weighted by molar-refractivity contribution is 1.13. The standard InChI is InChI=1S/C5H9B2N3/c1-2-7-5-9-3-8-4(6)10-5/h3,7H,2,6H2,1H3. The highest BCUT2D eigenvalue weighted by molar-refractivity contribution is 6.51. The normalized spacial score (nSPS) is 9.30. The molecule has 10 heavy (non-hydrogen) atoms. The van der Waals surface area contributed by atoms with Gasteiger partial charge in [-0.2, -0.15) is 0 Å². The zero-order chi connectivity index (χ0) is 7.40. The highest BCUT2D eigenvalue weighted by atomic mass is 15.0. The Balaban J connectivity index is 2.75. The van der Waals surface area contributed by atoms with Gasteiger partial charge in [0.15, 0.2) is 7.85 Å². The summed E-state index contributed by atoms with van der Waals surface area (Å²) in [4.78, 5) is 12.0. The molecule has 0 aliphatic carbocycles. The summed E-state index contributed by atoms with van der Waals surface area (Å²) in [7, 11) is 2.82. The second kappa shape index (κ2) is 3.34. The molecule has 1 aromatic heterocycles. The van der Waals surface area contributed by atoms with Crippen LogP contribution in [0.25, 0.3) is 0 Å². The van der Waals surface area contributed by atoms with Crippen molar-refractivity contribution in [1.29, 1.82) is 0 Å². The van der Waals surface area contributed by atoms with Crippen molar-refractivity contribution in [2.45, 2.75) is 13.2 Å². The summed E-state index contributed by atoms with van der Waals surface area (Å²) in [5.41, 5.74) is 1.70. The Bertz CT molecular complexity index is 216. The van der Waals surface area contributed by atoms with Gasteiger partial charge in [-0.1, -0.05) is 13.2 Å². The molecule has 0 aliphatic rings. The van der Waals surface area contributed by atoms with Gasteiger partial charge >= 0.3 is 0 Å². The minimum Gasteiger partial charge on any atom is -0.241 e. The minimum atomic E-state index is 0.804. The summed E-state index contributed by atoms with van der Waals surface area (Å²) < 4.78 is 0. The molecule has 5 heteroatoms. The summed E-state index contributed by atoms with van der Waals surface area (Å²) in [6, 6.07) is 0. The summed E-state index contributed by atoms with van der Waals surface area (Å²) in [5.74, 6) is 0. The van der Waals surface area contributed by atoms with Crippen LogP contribution in [-0.4, -0.2) is 30.1 Å². The molecule has 0 spiro atoms. The highest BCUT2D eigenvalue weighted by Gasteiger charge is 1.95. The Hall–Kier alpha value is -0.860. The largest absolute Gasteiger partial charge is 0.241 e. The number of aromatic nitrogens is 3. The van der Waals surface area contributed by atoms with E-state index in [4.69, 9.17) is 0 Å². The summed E-state index contributed by atoms with van der Waals surface area (Å²) >= 11 is 0. The molecule has 0 saturated heterocycles. The van der Waals surface area contributed by atoms with Crippen molar-refractivity contribution in [3.63, 3.8) is 0 Å². The molecule has 0 amide bonds. The van der Waals surface area contributed by atoms with E-state index in [0.29, 0.717) is 0 Å². The lowest BCUT2D eigenvalue weighted by Gasteiger charge is -1.94. The van der Waals surface area contributed by atoms with Crippen LogP contribution in [0.2, 0.25) is 6.32 Å². The van der Waals surface area contributed by atoms with Crippen LogP contribution in [0.4, 0.5) is 0 Å². The van der Waals surface area contributed by atoms with E-state index in [9.17, 15) is 0 Å². The summed E-state index contributed by atoms with van der Waals surface area (Å²) in [5, 5.41) is 0. The first-order chi connectivity index (χ1) is 4.83. The molecule has 0 N–H and O–H groups in total. The second-order valence-electron chi connectivity index (χ2n) is 2.20. The van der Waals surface area contributed by atoms with Crippen molar-refractivity contribution in [3.8, 4) is 0 Å². The van der Waals surface area contributed by atoms with E-state index in [1.165, 1.54) is 0 Å². The number of hydrogen-bond donors (Lipinski definition) is 0. The van der Waals surface area contributed by atoms with Crippen molar-refractivity contribution >= 4 is 26.6 Å². The Labute approximate surface area is 62.0 Å². The molecule has 0 fully saturated rings. The van der Waals surface area contributed by atoms with Gasteiger partial charge in [0.25, 0.3) is 0 Å². The lowest BCUT2D eigenvalue weighted by atomic mass is 9.74. The molecule has 1 heterocycles. The Morgan fingerprint density at radius 3 is 3.00 bits per heavy atom. The Kier molecular flexibility index (Phi) is 2.42. The van der Waals surface area contributed by atoms with E-state index in [2.05, 4.69) is 21.9 Å². The van der Waals surface area contributed by atoms with Crippen molar-refractivity contribution in [1.82, 2.24) is 15.0 Å². The van der Waals surface area contributed by atoms with E-state index < -0.39 is 0 Å². The second-order valence-corrected chi connectivity index (χ2v) is 2.20. The predicted octanol–water partition coefficient (Wildman–Crippen LogP) is -2.37. The number of nitrogens with zero attached hydrogens (tertiary/aromatic N) is 3. The van der Waals surface area contributed by atoms with Crippen LogP contribution in [0.5, 0.6) is 0 Å². The molecule has 0 atom stereocenters. The maximum absolute atomic E-state index is 4.14. The topological polar surface area (TPSA) is 38.7 Å². The molecule has 0 radical (unpaired) electrons. The maximum atomic E-state index is 4.14. The van der Waals surface area contributed by atoms with Crippen LogP contribution in [0, 0.1) is 0 Å². The first kappa shape index (κ1) is 7.25. The summed E-state index contributed by atoms with van der Waals surface area (Å²) in [6.07, 6.45) is 2.65. The molecule has 1 aromatic rings. The zero-order valence-corrected chi connectivity index (χ0v) is 6.33. The van der Waals surface area contributed by atoms with Gasteiger partial charge in [-0.3, -0.25) is 0 Å². The van der Waals surface area contributed by atoms with Gasteiger partial charge in [-0.25, -0.2) is 15.0 Å². The summed E-state index contributed by atoms with van der Waals surface area (Å²) in [6.45, 7) is 2.11. The van der Waals surface area contributed by atoms with Gasteiger partial charge < -0.3 is 0 Å². The molecule has 50 valence electrons. The smallest absolute Gasteiger partial charge is 0.207 e. The third-order valence-corrected chi connectivity index (χ3v) is 1.22. The molecular weight excluding hydrogens is 124 g/mol. The van der Waals surface area contributed by atoms with E-state index in [1.54, 1.807) is 6.33 Å².